The van der Waals surface area contributed by atoms with E-state index in [0.717, 1.165) is 59.3 Å². The Balaban J connectivity index is 1.69. The van der Waals surface area contributed by atoms with Crippen molar-refractivity contribution in [2.45, 2.75) is 61.4 Å². The van der Waals surface area contributed by atoms with Gasteiger partial charge in [0.05, 0.1) is 6.04 Å². The molecule has 3 aliphatic heterocycles. The molecule has 0 aliphatic carbocycles. The van der Waals surface area contributed by atoms with E-state index in [1.165, 1.54) is 6.07 Å². The number of thioether (sulfide) groups is 1. The lowest BCUT2D eigenvalue weighted by Crippen LogP contribution is -2.61. The number of aromatic hydroxyl groups is 1. The van der Waals surface area contributed by atoms with Crippen LogP contribution in [0.1, 0.15) is 70.9 Å². The standard InChI is InChI=1S/C28H28FN3O3S/c1-30-24-11-5-3-2-4-8-17-20-16-36-23-10-7-6-9-19(23)25(18(20)12-13-21(17)29)32(24)31-15-14-22(33)27(34)26(31)28(30)35/h6-7,9-10,12-15,24-25,34H,2-5,8,11,16H2,1H3. The Bertz CT molecular complexity index is 1420. The summed E-state index contributed by atoms with van der Waals surface area (Å²) < 4.78 is 16.9. The molecule has 0 spiro atoms. The van der Waals surface area contributed by atoms with Gasteiger partial charge in [0.1, 0.15) is 12.0 Å². The number of pyridine rings is 1. The largest absolute Gasteiger partial charge is 0.502 e. The molecule has 186 valence electrons. The molecule has 0 radical (unpaired) electrons. The Morgan fingerprint density at radius 1 is 0.972 bits per heavy atom. The smallest absolute Gasteiger partial charge is 0.277 e. The van der Waals surface area contributed by atoms with Crippen molar-refractivity contribution in [3.8, 4) is 5.75 Å². The Hall–Kier alpha value is -3.26. The number of carbonyl (C=O) groups is 1. The summed E-state index contributed by atoms with van der Waals surface area (Å²) in [5.74, 6) is -0.434. The highest BCUT2D eigenvalue weighted by molar-refractivity contribution is 7.98. The van der Waals surface area contributed by atoms with E-state index >= 15 is 4.39 Å². The number of amides is 1. The maximum atomic E-state index is 15.2. The summed E-state index contributed by atoms with van der Waals surface area (Å²) in [6.45, 7) is 0. The molecule has 1 aromatic heterocycles. The second-order valence-electron chi connectivity index (χ2n) is 9.77. The Kier molecular flexibility index (Phi) is 5.79. The number of hydrogen-bond donors (Lipinski definition) is 1. The first-order valence-corrected chi connectivity index (χ1v) is 13.5. The van der Waals surface area contributed by atoms with Crippen molar-refractivity contribution in [3.63, 3.8) is 0 Å². The topological polar surface area (TPSA) is 65.8 Å². The van der Waals surface area contributed by atoms with E-state index in [-0.39, 0.29) is 29.6 Å². The minimum atomic E-state index is -0.586. The SMILES string of the molecule is CN1C(=O)c2c(O)c(=O)ccn2N2C3c4ccccc4SCc4c3ccc(F)c4CCCCCCC12. The van der Waals surface area contributed by atoms with Crippen LogP contribution < -0.4 is 10.4 Å². The van der Waals surface area contributed by atoms with Crippen LogP contribution in [0.3, 0.4) is 0 Å². The fourth-order valence-electron chi connectivity index (χ4n) is 5.96. The molecule has 2 atom stereocenters. The summed E-state index contributed by atoms with van der Waals surface area (Å²) in [6, 6.07) is 12.6. The fourth-order valence-corrected chi connectivity index (χ4v) is 7.12. The van der Waals surface area contributed by atoms with Gasteiger partial charge in [-0.2, -0.15) is 0 Å². The molecule has 1 N–H and O–H groups in total. The number of fused-ring (bicyclic) bond motifs is 6. The second-order valence-corrected chi connectivity index (χ2v) is 10.8. The lowest BCUT2D eigenvalue weighted by Gasteiger charge is -2.49. The Labute approximate surface area is 213 Å². The second kappa shape index (κ2) is 9.00. The van der Waals surface area contributed by atoms with Gasteiger partial charge in [0.15, 0.2) is 11.4 Å². The third-order valence-corrected chi connectivity index (χ3v) is 8.89. The summed E-state index contributed by atoms with van der Waals surface area (Å²) in [7, 11) is 1.74. The molecule has 6 nitrogen and oxygen atoms in total. The lowest BCUT2D eigenvalue weighted by molar-refractivity contribution is 0.0601. The van der Waals surface area contributed by atoms with Gasteiger partial charge < -0.3 is 10.0 Å². The first-order valence-electron chi connectivity index (χ1n) is 12.5. The van der Waals surface area contributed by atoms with Gasteiger partial charge in [-0.15, -0.1) is 11.8 Å². The third kappa shape index (κ3) is 3.53. The molecule has 36 heavy (non-hydrogen) atoms. The summed E-state index contributed by atoms with van der Waals surface area (Å²) in [5, 5.41) is 12.8. The Morgan fingerprint density at radius 3 is 2.64 bits per heavy atom. The molecular weight excluding hydrogens is 477 g/mol. The number of aromatic nitrogens is 1. The van der Waals surface area contributed by atoms with Crippen LogP contribution in [0.2, 0.25) is 0 Å². The van der Waals surface area contributed by atoms with Crippen molar-refractivity contribution in [2.75, 3.05) is 12.1 Å². The molecule has 0 fully saturated rings. The van der Waals surface area contributed by atoms with Gasteiger partial charge in [-0.3, -0.25) is 19.3 Å². The zero-order chi connectivity index (χ0) is 25.0. The van der Waals surface area contributed by atoms with Gasteiger partial charge in [0.2, 0.25) is 5.43 Å². The molecule has 0 saturated carbocycles. The predicted molar refractivity (Wildman–Crippen MR) is 138 cm³/mol. The molecule has 4 heterocycles. The number of rotatable bonds is 0. The highest BCUT2D eigenvalue weighted by Gasteiger charge is 2.43. The van der Waals surface area contributed by atoms with Crippen molar-refractivity contribution >= 4 is 17.7 Å². The molecule has 0 saturated heterocycles. The van der Waals surface area contributed by atoms with Crippen LogP contribution >= 0.6 is 11.8 Å². The van der Waals surface area contributed by atoms with Crippen molar-refractivity contribution in [1.82, 2.24) is 9.58 Å². The van der Waals surface area contributed by atoms with Crippen LogP contribution in [0.5, 0.6) is 5.75 Å². The normalized spacial score (nSPS) is 21.4. The third-order valence-electron chi connectivity index (χ3n) is 7.77. The molecule has 3 aromatic rings. The van der Waals surface area contributed by atoms with E-state index in [2.05, 4.69) is 17.1 Å². The van der Waals surface area contributed by atoms with E-state index in [9.17, 15) is 14.7 Å². The highest BCUT2D eigenvalue weighted by atomic mass is 32.2. The predicted octanol–water partition coefficient (Wildman–Crippen LogP) is 4.94. The van der Waals surface area contributed by atoms with Crippen LogP contribution in [0, 0.1) is 5.82 Å². The average molecular weight is 506 g/mol. The average Bonchev–Trinajstić information content (AvgIpc) is 3.04. The van der Waals surface area contributed by atoms with Gasteiger partial charge in [0, 0.05) is 30.0 Å². The minimum absolute atomic E-state index is 0.0355. The quantitative estimate of drug-likeness (QED) is 0.469. The fraction of sp³-hybridized carbons (Fsp3) is 0.357. The van der Waals surface area contributed by atoms with Crippen LogP contribution in [-0.2, 0) is 12.2 Å². The van der Waals surface area contributed by atoms with E-state index in [1.807, 2.05) is 18.2 Å². The summed E-state index contributed by atoms with van der Waals surface area (Å²) in [5.41, 5.74) is 3.23. The van der Waals surface area contributed by atoms with Crippen LogP contribution in [0.4, 0.5) is 4.39 Å². The van der Waals surface area contributed by atoms with Crippen molar-refractivity contribution in [1.29, 1.82) is 0 Å². The first kappa shape index (κ1) is 23.2. The Morgan fingerprint density at radius 2 is 1.78 bits per heavy atom. The molecule has 2 unspecified atom stereocenters. The summed E-state index contributed by atoms with van der Waals surface area (Å²) in [4.78, 5) is 28.6. The number of carbonyl (C=O) groups excluding carboxylic acids is 1. The maximum Gasteiger partial charge on any atom is 0.277 e. The molecule has 4 bridgehead atoms. The molecule has 2 aromatic carbocycles. The van der Waals surface area contributed by atoms with E-state index in [4.69, 9.17) is 0 Å². The number of benzene rings is 2. The van der Waals surface area contributed by atoms with Gasteiger partial charge in [0.25, 0.3) is 5.91 Å². The van der Waals surface area contributed by atoms with Crippen LogP contribution in [0.15, 0.2) is 58.4 Å². The molecular formula is C28H28FN3O3S. The number of halogens is 1. The summed E-state index contributed by atoms with van der Waals surface area (Å²) >= 11 is 1.71. The van der Waals surface area contributed by atoms with E-state index in [1.54, 1.807) is 40.6 Å². The van der Waals surface area contributed by atoms with E-state index in [0.29, 0.717) is 12.2 Å². The van der Waals surface area contributed by atoms with E-state index < -0.39 is 11.2 Å². The van der Waals surface area contributed by atoms with Crippen molar-refractivity contribution < 1.29 is 14.3 Å². The zero-order valence-corrected chi connectivity index (χ0v) is 20.9. The van der Waals surface area contributed by atoms with Gasteiger partial charge in [-0.05, 0) is 60.1 Å². The van der Waals surface area contributed by atoms with Gasteiger partial charge in [-0.25, -0.2) is 4.39 Å². The molecule has 6 rings (SSSR count). The maximum absolute atomic E-state index is 15.2. The highest BCUT2D eigenvalue weighted by Crippen LogP contribution is 2.46. The monoisotopic (exact) mass is 505 g/mol. The van der Waals surface area contributed by atoms with Gasteiger partial charge >= 0.3 is 0 Å². The van der Waals surface area contributed by atoms with Crippen LogP contribution in [-0.4, -0.2) is 33.8 Å². The molecule has 8 heteroatoms. The minimum Gasteiger partial charge on any atom is -0.502 e. The summed E-state index contributed by atoms with van der Waals surface area (Å²) in [6.07, 6.45) is 6.54. The van der Waals surface area contributed by atoms with Crippen molar-refractivity contribution in [3.05, 3.63) is 92.6 Å². The molecule has 1 amide bonds. The first-order chi connectivity index (χ1) is 17.5. The van der Waals surface area contributed by atoms with Crippen LogP contribution in [0.25, 0.3) is 0 Å². The zero-order valence-electron chi connectivity index (χ0n) is 20.1. The van der Waals surface area contributed by atoms with Crippen molar-refractivity contribution in [2.24, 2.45) is 0 Å². The lowest BCUT2D eigenvalue weighted by atomic mass is 9.88. The molecule has 3 aliphatic rings. The van der Waals surface area contributed by atoms with Gasteiger partial charge in [-0.1, -0.05) is 37.1 Å². The number of hydrogen-bond acceptors (Lipinski definition) is 5. The number of nitrogens with zero attached hydrogens (tertiary/aromatic N) is 3.